The Morgan fingerprint density at radius 2 is 1.81 bits per heavy atom. The molecule has 0 fully saturated rings. The van der Waals surface area contributed by atoms with Crippen LogP contribution in [-0.4, -0.2) is 34.5 Å². The molecular weight excluding hydrogens is 378 g/mol. The highest BCUT2D eigenvalue weighted by atomic mass is 35.5. The molecule has 1 amide bonds. The zero-order valence-electron chi connectivity index (χ0n) is 14.6. The van der Waals surface area contributed by atoms with E-state index in [-0.39, 0.29) is 4.90 Å². The number of primary sulfonamides is 1. The van der Waals surface area contributed by atoms with Crippen molar-refractivity contribution in [1.82, 2.24) is 0 Å². The van der Waals surface area contributed by atoms with E-state index in [1.165, 1.54) is 12.1 Å². The zero-order valence-corrected chi connectivity index (χ0v) is 16.1. The van der Waals surface area contributed by atoms with E-state index in [0.29, 0.717) is 22.1 Å². The maximum atomic E-state index is 12.5. The molecule has 0 radical (unpaired) electrons. The number of nitrogens with two attached hydrogens (primary N) is 1. The largest absolute Gasteiger partial charge is 0.481 e. The number of rotatable bonds is 6. The Bertz CT molecular complexity index is 899. The number of nitrogens with zero attached hydrogens (tertiary/aromatic N) is 1. The lowest BCUT2D eigenvalue weighted by Crippen LogP contribution is -2.31. The van der Waals surface area contributed by atoms with Crippen molar-refractivity contribution in [3.63, 3.8) is 0 Å². The van der Waals surface area contributed by atoms with Crippen molar-refractivity contribution in [3.05, 3.63) is 47.5 Å². The molecular formula is C17H20ClN3O4S. The van der Waals surface area contributed by atoms with Crippen molar-refractivity contribution in [2.24, 2.45) is 5.14 Å². The van der Waals surface area contributed by atoms with E-state index in [2.05, 4.69) is 5.32 Å². The zero-order chi connectivity index (χ0) is 19.5. The standard InChI is InChI=1S/C17H20ClN3O4S/c1-11(25-13-6-4-12(18)5-7-13)17(22)20-15-10-14(26(19,23)24)8-9-16(15)21(2)3/h4-11H,1-3H3,(H,20,22)(H2,19,23,24)/t11-/m1/s1. The molecule has 1 atom stereocenters. The number of nitrogens with one attached hydrogen (secondary N) is 1. The van der Waals surface area contributed by atoms with Gasteiger partial charge in [0.2, 0.25) is 10.0 Å². The molecule has 0 saturated carbocycles. The molecule has 140 valence electrons. The van der Waals surface area contributed by atoms with E-state index in [1.807, 2.05) is 0 Å². The average molecular weight is 398 g/mol. The number of ether oxygens (including phenoxy) is 1. The van der Waals surface area contributed by atoms with Crippen LogP contribution in [0.4, 0.5) is 11.4 Å². The fourth-order valence-corrected chi connectivity index (χ4v) is 2.85. The van der Waals surface area contributed by atoms with Gasteiger partial charge in [0.25, 0.3) is 5.91 Å². The van der Waals surface area contributed by atoms with Crippen molar-refractivity contribution in [1.29, 1.82) is 0 Å². The minimum absolute atomic E-state index is 0.0929. The highest BCUT2D eigenvalue weighted by Gasteiger charge is 2.19. The molecule has 0 saturated heterocycles. The maximum Gasteiger partial charge on any atom is 0.265 e. The topological polar surface area (TPSA) is 102 Å². The van der Waals surface area contributed by atoms with Gasteiger partial charge in [0.15, 0.2) is 6.10 Å². The Hall–Kier alpha value is -2.29. The second-order valence-corrected chi connectivity index (χ2v) is 7.82. The predicted molar refractivity (Wildman–Crippen MR) is 102 cm³/mol. The van der Waals surface area contributed by atoms with E-state index in [0.717, 1.165) is 0 Å². The van der Waals surface area contributed by atoms with Gasteiger partial charge in [-0.1, -0.05) is 11.6 Å². The van der Waals surface area contributed by atoms with Crippen molar-refractivity contribution in [2.45, 2.75) is 17.9 Å². The third kappa shape index (κ3) is 5.10. The van der Waals surface area contributed by atoms with Crippen LogP contribution in [0.25, 0.3) is 0 Å². The number of hydrogen-bond donors (Lipinski definition) is 2. The van der Waals surface area contributed by atoms with Crippen LogP contribution < -0.4 is 20.1 Å². The summed E-state index contributed by atoms with van der Waals surface area (Å²) >= 11 is 5.82. The van der Waals surface area contributed by atoms with Gasteiger partial charge in [-0.2, -0.15) is 0 Å². The molecule has 0 unspecified atom stereocenters. The van der Waals surface area contributed by atoms with Gasteiger partial charge < -0.3 is 15.0 Å². The SMILES string of the molecule is C[C@@H](Oc1ccc(Cl)cc1)C(=O)Nc1cc(S(N)(=O)=O)ccc1N(C)C. The number of hydrogen-bond acceptors (Lipinski definition) is 5. The van der Waals surface area contributed by atoms with Gasteiger partial charge >= 0.3 is 0 Å². The summed E-state index contributed by atoms with van der Waals surface area (Å²) in [4.78, 5) is 14.1. The van der Waals surface area contributed by atoms with Crippen LogP contribution in [0.5, 0.6) is 5.75 Å². The molecule has 0 bridgehead atoms. The number of sulfonamides is 1. The summed E-state index contributed by atoms with van der Waals surface area (Å²) in [7, 11) is -0.344. The highest BCUT2D eigenvalue weighted by molar-refractivity contribution is 7.89. The van der Waals surface area contributed by atoms with Crippen LogP contribution in [0, 0.1) is 0 Å². The van der Waals surface area contributed by atoms with Crippen LogP contribution in [0.3, 0.4) is 0 Å². The maximum absolute atomic E-state index is 12.5. The summed E-state index contributed by atoms with van der Waals surface area (Å²) in [5.41, 5.74) is 0.947. The molecule has 3 N–H and O–H groups in total. The van der Waals surface area contributed by atoms with Crippen molar-refractivity contribution < 1.29 is 17.9 Å². The van der Waals surface area contributed by atoms with Gasteiger partial charge in [0.1, 0.15) is 5.75 Å². The Labute approximate surface area is 157 Å². The predicted octanol–water partition coefficient (Wildman–Crippen LogP) is 2.46. The minimum atomic E-state index is -3.89. The minimum Gasteiger partial charge on any atom is -0.481 e. The quantitative estimate of drug-likeness (QED) is 0.779. The molecule has 0 aliphatic rings. The van der Waals surface area contributed by atoms with E-state index in [1.54, 1.807) is 56.3 Å². The van der Waals surface area contributed by atoms with Crippen molar-refractivity contribution in [3.8, 4) is 5.75 Å². The second-order valence-electron chi connectivity index (χ2n) is 5.82. The number of carbonyl (C=O) groups excluding carboxylic acids is 1. The third-order valence-electron chi connectivity index (χ3n) is 3.53. The Morgan fingerprint density at radius 3 is 2.35 bits per heavy atom. The summed E-state index contributed by atoms with van der Waals surface area (Å²) in [6, 6.07) is 10.9. The molecule has 2 aromatic carbocycles. The fourth-order valence-electron chi connectivity index (χ4n) is 2.19. The molecule has 2 aromatic rings. The third-order valence-corrected chi connectivity index (χ3v) is 4.69. The number of amides is 1. The molecule has 0 aliphatic carbocycles. The summed E-state index contributed by atoms with van der Waals surface area (Å²) in [5, 5.41) is 8.41. The molecule has 26 heavy (non-hydrogen) atoms. The van der Waals surface area contributed by atoms with Gasteiger partial charge in [-0.3, -0.25) is 4.79 Å². The first kappa shape index (κ1) is 20.0. The van der Waals surface area contributed by atoms with Gasteiger partial charge in [0.05, 0.1) is 16.3 Å². The van der Waals surface area contributed by atoms with E-state index in [9.17, 15) is 13.2 Å². The van der Waals surface area contributed by atoms with Crippen LogP contribution in [0.15, 0.2) is 47.4 Å². The lowest BCUT2D eigenvalue weighted by atomic mass is 10.2. The summed E-state index contributed by atoms with van der Waals surface area (Å²) in [6.07, 6.45) is -0.815. The van der Waals surface area contributed by atoms with Gasteiger partial charge in [0, 0.05) is 19.1 Å². The molecule has 2 rings (SSSR count). The second kappa shape index (κ2) is 7.94. The van der Waals surface area contributed by atoms with E-state index in [4.69, 9.17) is 21.5 Å². The van der Waals surface area contributed by atoms with Crippen LogP contribution in [-0.2, 0) is 14.8 Å². The Morgan fingerprint density at radius 1 is 1.19 bits per heavy atom. The van der Waals surface area contributed by atoms with E-state index >= 15 is 0 Å². The average Bonchev–Trinajstić information content (AvgIpc) is 2.55. The summed E-state index contributed by atoms with van der Waals surface area (Å²) in [6.45, 7) is 1.59. The lowest BCUT2D eigenvalue weighted by Gasteiger charge is -2.20. The van der Waals surface area contributed by atoms with Crippen molar-refractivity contribution in [2.75, 3.05) is 24.3 Å². The van der Waals surface area contributed by atoms with E-state index < -0.39 is 22.0 Å². The van der Waals surface area contributed by atoms with Gasteiger partial charge in [-0.25, -0.2) is 13.6 Å². The normalized spacial score (nSPS) is 12.3. The Balaban J connectivity index is 2.22. The monoisotopic (exact) mass is 397 g/mol. The van der Waals surface area contributed by atoms with Crippen LogP contribution >= 0.6 is 11.6 Å². The number of halogens is 1. The Kier molecular flexibility index (Phi) is 6.12. The van der Waals surface area contributed by atoms with Crippen LogP contribution in [0.1, 0.15) is 6.92 Å². The number of carbonyl (C=O) groups is 1. The molecule has 0 spiro atoms. The molecule has 0 heterocycles. The summed E-state index contributed by atoms with van der Waals surface area (Å²) < 4.78 is 28.7. The van der Waals surface area contributed by atoms with Crippen molar-refractivity contribution >= 4 is 38.9 Å². The fraction of sp³-hybridized carbons (Fsp3) is 0.235. The summed E-state index contributed by atoms with van der Waals surface area (Å²) in [5.74, 6) is 0.0535. The first-order valence-corrected chi connectivity index (χ1v) is 9.57. The first-order chi connectivity index (χ1) is 12.1. The molecule has 9 heteroatoms. The smallest absolute Gasteiger partial charge is 0.265 e. The highest BCUT2D eigenvalue weighted by Crippen LogP contribution is 2.27. The number of benzene rings is 2. The first-order valence-electron chi connectivity index (χ1n) is 7.65. The lowest BCUT2D eigenvalue weighted by molar-refractivity contribution is -0.122. The van der Waals surface area contributed by atoms with Gasteiger partial charge in [-0.05, 0) is 49.4 Å². The molecule has 7 nitrogen and oxygen atoms in total. The molecule has 0 aliphatic heterocycles. The van der Waals surface area contributed by atoms with Gasteiger partial charge in [-0.15, -0.1) is 0 Å². The van der Waals surface area contributed by atoms with Crippen LogP contribution in [0.2, 0.25) is 5.02 Å². The number of anilines is 2. The molecule has 0 aromatic heterocycles.